The van der Waals surface area contributed by atoms with E-state index < -0.39 is 6.61 Å². The first-order valence-electron chi connectivity index (χ1n) is 8.27. The fourth-order valence-corrected chi connectivity index (χ4v) is 2.16. The molecule has 0 aromatic heterocycles. The van der Waals surface area contributed by atoms with Crippen LogP contribution in [0.3, 0.4) is 0 Å². The maximum absolute atomic E-state index is 12.6. The summed E-state index contributed by atoms with van der Waals surface area (Å²) >= 11 is 0. The zero-order valence-electron chi connectivity index (χ0n) is 14.1. The smallest absolute Gasteiger partial charge is 0.387 e. The molecule has 1 aromatic rings. The lowest BCUT2D eigenvalue weighted by Gasteiger charge is -2.15. The average molecular weight is 341 g/mol. The molecule has 1 aliphatic rings. The van der Waals surface area contributed by atoms with Crippen LogP contribution in [0.25, 0.3) is 0 Å². The third kappa shape index (κ3) is 6.22. The van der Waals surface area contributed by atoms with Crippen molar-refractivity contribution in [2.24, 2.45) is 10.9 Å². The van der Waals surface area contributed by atoms with Gasteiger partial charge in [0.2, 0.25) is 0 Å². The maximum atomic E-state index is 12.6. The van der Waals surface area contributed by atoms with Crippen LogP contribution in [0.2, 0.25) is 0 Å². The predicted octanol–water partition coefficient (Wildman–Crippen LogP) is 3.15. The number of hydrogen-bond acceptors (Lipinski definition) is 3. The van der Waals surface area contributed by atoms with Crippen LogP contribution in [0.5, 0.6) is 11.5 Å². The first-order valence-corrected chi connectivity index (χ1v) is 8.27. The number of halogens is 2. The van der Waals surface area contributed by atoms with Gasteiger partial charge in [0.1, 0.15) is 11.5 Å². The zero-order chi connectivity index (χ0) is 17.4. The van der Waals surface area contributed by atoms with E-state index in [1.54, 1.807) is 19.2 Å². The van der Waals surface area contributed by atoms with Gasteiger partial charge < -0.3 is 20.1 Å². The Morgan fingerprint density at radius 1 is 1.33 bits per heavy atom. The molecule has 0 bridgehead atoms. The molecule has 1 saturated carbocycles. The third-order valence-corrected chi connectivity index (χ3v) is 3.65. The van der Waals surface area contributed by atoms with Crippen LogP contribution in [-0.2, 0) is 6.54 Å². The van der Waals surface area contributed by atoms with Crippen molar-refractivity contribution in [3.05, 3.63) is 23.8 Å². The number of rotatable bonds is 9. The molecule has 0 atom stereocenters. The molecule has 0 aliphatic heterocycles. The highest BCUT2D eigenvalue weighted by Crippen LogP contribution is 2.28. The zero-order valence-corrected chi connectivity index (χ0v) is 14.1. The highest BCUT2D eigenvalue weighted by molar-refractivity contribution is 5.79. The number of aliphatic imine (C=N–C) groups is 1. The Morgan fingerprint density at radius 3 is 2.75 bits per heavy atom. The first-order chi connectivity index (χ1) is 11.6. The number of ether oxygens (including phenoxy) is 2. The fraction of sp³-hybridized carbons (Fsp3) is 0.588. The molecule has 1 fully saturated rings. The molecule has 0 spiro atoms. The molecule has 0 amide bonds. The average Bonchev–Trinajstić information content (AvgIpc) is 3.38. The predicted molar refractivity (Wildman–Crippen MR) is 89.8 cm³/mol. The SMILES string of the molecule is CCCOc1ccc(CNC(=NC)NCC2CC2)c(OC(F)F)c1. The second-order valence-corrected chi connectivity index (χ2v) is 5.75. The van der Waals surface area contributed by atoms with Crippen molar-refractivity contribution in [3.63, 3.8) is 0 Å². The van der Waals surface area contributed by atoms with Gasteiger partial charge in [-0.3, -0.25) is 4.99 Å². The van der Waals surface area contributed by atoms with Gasteiger partial charge in [-0.2, -0.15) is 8.78 Å². The number of alkyl halides is 2. The Bertz CT molecular complexity index is 549. The second kappa shape index (κ2) is 9.30. The Morgan fingerprint density at radius 2 is 2.12 bits per heavy atom. The molecule has 5 nitrogen and oxygen atoms in total. The van der Waals surface area contributed by atoms with E-state index in [1.165, 1.54) is 18.9 Å². The number of guanidine groups is 1. The lowest BCUT2D eigenvalue weighted by Crippen LogP contribution is -2.37. The molecular weight excluding hydrogens is 316 g/mol. The maximum Gasteiger partial charge on any atom is 0.387 e. The van der Waals surface area contributed by atoms with E-state index in [0.717, 1.165) is 18.9 Å². The van der Waals surface area contributed by atoms with Crippen molar-refractivity contribution in [2.45, 2.75) is 39.3 Å². The van der Waals surface area contributed by atoms with Gasteiger partial charge in [-0.15, -0.1) is 0 Å². The van der Waals surface area contributed by atoms with Gasteiger partial charge in [0, 0.05) is 31.8 Å². The first kappa shape index (κ1) is 18.3. The minimum Gasteiger partial charge on any atom is -0.493 e. The normalized spacial score (nSPS) is 14.6. The van der Waals surface area contributed by atoms with E-state index >= 15 is 0 Å². The van der Waals surface area contributed by atoms with Crippen LogP contribution in [0.1, 0.15) is 31.7 Å². The lowest BCUT2D eigenvalue weighted by molar-refractivity contribution is -0.0505. The van der Waals surface area contributed by atoms with Gasteiger partial charge in [0.15, 0.2) is 5.96 Å². The van der Waals surface area contributed by atoms with E-state index in [4.69, 9.17) is 4.74 Å². The summed E-state index contributed by atoms with van der Waals surface area (Å²) in [6.07, 6.45) is 3.34. The van der Waals surface area contributed by atoms with Gasteiger partial charge in [-0.25, -0.2) is 0 Å². The molecule has 24 heavy (non-hydrogen) atoms. The van der Waals surface area contributed by atoms with E-state index in [1.807, 2.05) is 6.92 Å². The van der Waals surface area contributed by atoms with Crippen LogP contribution in [0, 0.1) is 5.92 Å². The third-order valence-electron chi connectivity index (χ3n) is 3.65. The molecular formula is C17H25F2N3O2. The van der Waals surface area contributed by atoms with E-state index in [2.05, 4.69) is 20.4 Å². The lowest BCUT2D eigenvalue weighted by atomic mass is 10.2. The molecule has 0 heterocycles. The van der Waals surface area contributed by atoms with Crippen molar-refractivity contribution in [2.75, 3.05) is 20.2 Å². The summed E-state index contributed by atoms with van der Waals surface area (Å²) in [6.45, 7) is 0.848. The molecule has 2 N–H and O–H groups in total. The Kier molecular flexibility index (Phi) is 7.08. The van der Waals surface area contributed by atoms with Crippen LogP contribution in [-0.4, -0.2) is 32.8 Å². The quantitative estimate of drug-likeness (QED) is 0.535. The van der Waals surface area contributed by atoms with Gasteiger partial charge in [-0.1, -0.05) is 6.92 Å². The van der Waals surface area contributed by atoms with Crippen molar-refractivity contribution in [3.8, 4) is 11.5 Å². The summed E-state index contributed by atoms with van der Waals surface area (Å²) in [5.74, 6) is 2.00. The second-order valence-electron chi connectivity index (χ2n) is 5.75. The van der Waals surface area contributed by atoms with Crippen molar-refractivity contribution >= 4 is 5.96 Å². The van der Waals surface area contributed by atoms with Crippen LogP contribution in [0.4, 0.5) is 8.78 Å². The largest absolute Gasteiger partial charge is 0.493 e. The van der Waals surface area contributed by atoms with E-state index in [0.29, 0.717) is 30.4 Å². The molecule has 0 radical (unpaired) electrons. The molecule has 134 valence electrons. The minimum atomic E-state index is -2.88. The number of hydrogen-bond donors (Lipinski definition) is 2. The Hall–Kier alpha value is -2.05. The summed E-state index contributed by atoms with van der Waals surface area (Å²) in [5, 5.41) is 6.34. The fourth-order valence-electron chi connectivity index (χ4n) is 2.16. The minimum absolute atomic E-state index is 0.115. The van der Waals surface area contributed by atoms with Gasteiger partial charge in [0.25, 0.3) is 0 Å². The van der Waals surface area contributed by atoms with Crippen LogP contribution >= 0.6 is 0 Å². The number of nitrogens with one attached hydrogen (secondary N) is 2. The van der Waals surface area contributed by atoms with E-state index in [9.17, 15) is 8.78 Å². The van der Waals surface area contributed by atoms with Crippen molar-refractivity contribution < 1.29 is 18.3 Å². The van der Waals surface area contributed by atoms with Gasteiger partial charge in [-0.05, 0) is 37.3 Å². The monoisotopic (exact) mass is 341 g/mol. The molecule has 1 aromatic carbocycles. The van der Waals surface area contributed by atoms with Crippen molar-refractivity contribution in [1.82, 2.24) is 10.6 Å². The molecule has 0 unspecified atom stereocenters. The highest BCUT2D eigenvalue weighted by Gasteiger charge is 2.21. The number of nitrogens with zero attached hydrogens (tertiary/aromatic N) is 1. The van der Waals surface area contributed by atoms with Gasteiger partial charge in [0.05, 0.1) is 6.61 Å². The molecule has 2 rings (SSSR count). The summed E-state index contributed by atoms with van der Waals surface area (Å²) in [6, 6.07) is 4.98. The van der Waals surface area contributed by atoms with Crippen molar-refractivity contribution in [1.29, 1.82) is 0 Å². The van der Waals surface area contributed by atoms with E-state index in [-0.39, 0.29) is 5.75 Å². The summed E-state index contributed by atoms with van der Waals surface area (Å²) in [7, 11) is 1.68. The standard InChI is InChI=1S/C17H25F2N3O2/c1-3-8-23-14-7-6-13(15(9-14)24-16(18)19)11-22-17(20-2)21-10-12-4-5-12/h6-7,9,12,16H,3-5,8,10-11H2,1-2H3,(H2,20,21,22). The Balaban J connectivity index is 1.97. The summed E-state index contributed by atoms with van der Waals surface area (Å²) in [4.78, 5) is 4.13. The molecule has 7 heteroatoms. The summed E-state index contributed by atoms with van der Waals surface area (Å²) < 4.78 is 35.4. The number of benzene rings is 1. The highest BCUT2D eigenvalue weighted by atomic mass is 19.3. The topological polar surface area (TPSA) is 54.9 Å². The van der Waals surface area contributed by atoms with Crippen LogP contribution in [0.15, 0.2) is 23.2 Å². The Labute approximate surface area is 141 Å². The summed E-state index contributed by atoms with van der Waals surface area (Å²) in [5.41, 5.74) is 0.619. The molecule has 1 aliphatic carbocycles. The van der Waals surface area contributed by atoms with Gasteiger partial charge >= 0.3 is 6.61 Å². The van der Waals surface area contributed by atoms with Crippen LogP contribution < -0.4 is 20.1 Å². The molecule has 0 saturated heterocycles.